The highest BCUT2D eigenvalue weighted by molar-refractivity contribution is 7.88. The Morgan fingerprint density at radius 1 is 1.12 bits per heavy atom. The number of sulfonamides is 1. The molecule has 1 heterocycles. The molecule has 26 heavy (non-hydrogen) atoms. The van der Waals surface area contributed by atoms with Crippen molar-refractivity contribution in [2.24, 2.45) is 0 Å². The van der Waals surface area contributed by atoms with Crippen molar-refractivity contribution in [3.05, 3.63) is 59.9 Å². The monoisotopic (exact) mass is 375 g/mol. The van der Waals surface area contributed by atoms with Crippen molar-refractivity contribution in [3.8, 4) is 0 Å². The molecule has 2 rings (SSSR count). The van der Waals surface area contributed by atoms with Gasteiger partial charge in [-0.3, -0.25) is 14.6 Å². The summed E-state index contributed by atoms with van der Waals surface area (Å²) in [4.78, 5) is 27.5. The average Bonchev–Trinajstić information content (AvgIpc) is 2.59. The van der Waals surface area contributed by atoms with Crippen LogP contribution in [0.3, 0.4) is 0 Å². The highest BCUT2D eigenvalue weighted by Gasteiger charge is 2.19. The lowest BCUT2D eigenvalue weighted by Gasteiger charge is -2.19. The van der Waals surface area contributed by atoms with Crippen LogP contribution in [0.2, 0.25) is 0 Å². The first-order valence-corrected chi connectivity index (χ1v) is 9.86. The standard InChI is InChI=1S/C18H21N3O4S/c1-14(22)15-6-8-16(9-7-15)20-18(23)10-12-21(26(2,24)25)13-17-5-3-4-11-19-17/h3-9,11H,10,12-13H2,1-2H3,(H,20,23). The fraction of sp³-hybridized carbons (Fsp3) is 0.278. The number of carbonyl (C=O) groups excluding carboxylic acids is 2. The number of ketones is 1. The van der Waals surface area contributed by atoms with Crippen LogP contribution in [0.4, 0.5) is 5.69 Å². The first-order chi connectivity index (χ1) is 12.3. The molecular weight excluding hydrogens is 354 g/mol. The van der Waals surface area contributed by atoms with Gasteiger partial charge in [0.25, 0.3) is 0 Å². The smallest absolute Gasteiger partial charge is 0.225 e. The van der Waals surface area contributed by atoms with Crippen molar-refractivity contribution in [1.82, 2.24) is 9.29 Å². The molecule has 0 unspecified atom stereocenters. The van der Waals surface area contributed by atoms with Crippen LogP contribution in [0.25, 0.3) is 0 Å². The van der Waals surface area contributed by atoms with Gasteiger partial charge in [0, 0.05) is 30.4 Å². The molecule has 138 valence electrons. The number of aromatic nitrogens is 1. The van der Waals surface area contributed by atoms with Crippen LogP contribution < -0.4 is 5.32 Å². The molecule has 0 saturated heterocycles. The number of rotatable bonds is 8. The van der Waals surface area contributed by atoms with E-state index in [2.05, 4.69) is 10.3 Å². The summed E-state index contributed by atoms with van der Waals surface area (Å²) in [5.74, 6) is -0.364. The topological polar surface area (TPSA) is 96.4 Å². The largest absolute Gasteiger partial charge is 0.326 e. The molecule has 0 spiro atoms. The molecule has 0 fully saturated rings. The summed E-state index contributed by atoms with van der Waals surface area (Å²) >= 11 is 0. The van der Waals surface area contributed by atoms with E-state index in [1.807, 2.05) is 0 Å². The molecule has 7 nitrogen and oxygen atoms in total. The van der Waals surface area contributed by atoms with Crippen LogP contribution in [0, 0.1) is 0 Å². The van der Waals surface area contributed by atoms with E-state index in [0.717, 1.165) is 6.26 Å². The summed E-state index contributed by atoms with van der Waals surface area (Å²) in [5.41, 5.74) is 1.72. The van der Waals surface area contributed by atoms with Crippen LogP contribution in [-0.4, -0.2) is 42.2 Å². The van der Waals surface area contributed by atoms with Crippen molar-refractivity contribution in [3.63, 3.8) is 0 Å². The Hall–Kier alpha value is -2.58. The SMILES string of the molecule is CC(=O)c1ccc(NC(=O)CCN(Cc2ccccn2)S(C)(=O)=O)cc1. The van der Waals surface area contributed by atoms with Gasteiger partial charge in [-0.05, 0) is 43.3 Å². The fourth-order valence-corrected chi connectivity index (χ4v) is 3.06. The summed E-state index contributed by atoms with van der Waals surface area (Å²) in [6.07, 6.45) is 2.70. The Kier molecular flexibility index (Phi) is 6.59. The second-order valence-corrected chi connectivity index (χ2v) is 7.83. The molecule has 0 aliphatic carbocycles. The fourth-order valence-electron chi connectivity index (χ4n) is 2.27. The maximum atomic E-state index is 12.1. The lowest BCUT2D eigenvalue weighted by atomic mass is 10.1. The van der Waals surface area contributed by atoms with Gasteiger partial charge >= 0.3 is 0 Å². The summed E-state index contributed by atoms with van der Waals surface area (Å²) < 4.78 is 25.1. The highest BCUT2D eigenvalue weighted by atomic mass is 32.2. The number of hydrogen-bond donors (Lipinski definition) is 1. The van der Waals surface area contributed by atoms with E-state index in [4.69, 9.17) is 0 Å². The minimum Gasteiger partial charge on any atom is -0.326 e. The van der Waals surface area contributed by atoms with E-state index in [1.54, 1.807) is 48.7 Å². The van der Waals surface area contributed by atoms with Crippen LogP contribution in [0.15, 0.2) is 48.7 Å². The second kappa shape index (κ2) is 8.68. The van der Waals surface area contributed by atoms with Crippen molar-refractivity contribution in [2.75, 3.05) is 18.1 Å². The Morgan fingerprint density at radius 3 is 2.35 bits per heavy atom. The van der Waals surface area contributed by atoms with Crippen molar-refractivity contribution >= 4 is 27.4 Å². The number of pyridine rings is 1. The van der Waals surface area contributed by atoms with Crippen molar-refractivity contribution in [2.45, 2.75) is 19.9 Å². The van der Waals surface area contributed by atoms with Gasteiger partial charge < -0.3 is 5.32 Å². The maximum Gasteiger partial charge on any atom is 0.225 e. The average molecular weight is 375 g/mol. The highest BCUT2D eigenvalue weighted by Crippen LogP contribution is 2.11. The van der Waals surface area contributed by atoms with Gasteiger partial charge in [-0.2, -0.15) is 4.31 Å². The van der Waals surface area contributed by atoms with Gasteiger partial charge in [0.2, 0.25) is 15.9 Å². The number of Topliss-reactive ketones (excluding diaryl/α,β-unsaturated/α-hetero) is 1. The predicted molar refractivity (Wildman–Crippen MR) is 99.2 cm³/mol. The number of amides is 1. The van der Waals surface area contributed by atoms with E-state index in [-0.39, 0.29) is 31.2 Å². The third-order valence-corrected chi connectivity index (χ3v) is 4.95. The lowest BCUT2D eigenvalue weighted by Crippen LogP contribution is -2.32. The van der Waals surface area contributed by atoms with Crippen LogP contribution in [-0.2, 0) is 21.4 Å². The molecule has 2 aromatic rings. The first kappa shape index (κ1) is 19.7. The van der Waals surface area contributed by atoms with E-state index >= 15 is 0 Å². The van der Waals surface area contributed by atoms with Gasteiger partial charge in [-0.1, -0.05) is 6.07 Å². The van der Waals surface area contributed by atoms with E-state index < -0.39 is 10.0 Å². The molecule has 0 bridgehead atoms. The normalized spacial score (nSPS) is 11.3. The molecular formula is C18H21N3O4S. The zero-order valence-corrected chi connectivity index (χ0v) is 15.5. The van der Waals surface area contributed by atoms with Gasteiger partial charge in [0.1, 0.15) is 0 Å². The molecule has 0 radical (unpaired) electrons. The lowest BCUT2D eigenvalue weighted by molar-refractivity contribution is -0.116. The minimum atomic E-state index is -3.47. The number of hydrogen-bond acceptors (Lipinski definition) is 5. The van der Waals surface area contributed by atoms with Crippen LogP contribution >= 0.6 is 0 Å². The van der Waals surface area contributed by atoms with Gasteiger partial charge in [0.05, 0.1) is 18.5 Å². The van der Waals surface area contributed by atoms with Crippen LogP contribution in [0.5, 0.6) is 0 Å². The Bertz CT molecular complexity index is 865. The number of nitrogens with zero attached hydrogens (tertiary/aromatic N) is 2. The maximum absolute atomic E-state index is 12.1. The third kappa shape index (κ3) is 6.05. The summed E-state index contributed by atoms with van der Waals surface area (Å²) in [5, 5.41) is 2.69. The number of benzene rings is 1. The molecule has 0 aliphatic heterocycles. The van der Waals surface area contributed by atoms with Crippen molar-refractivity contribution in [1.29, 1.82) is 0 Å². The summed E-state index contributed by atoms with van der Waals surface area (Å²) in [7, 11) is -3.47. The zero-order valence-electron chi connectivity index (χ0n) is 14.7. The summed E-state index contributed by atoms with van der Waals surface area (Å²) in [6.45, 7) is 1.63. The Labute approximate surface area is 153 Å². The minimum absolute atomic E-state index is 0.00830. The van der Waals surface area contributed by atoms with E-state index in [1.165, 1.54) is 11.2 Å². The molecule has 8 heteroatoms. The number of nitrogens with one attached hydrogen (secondary N) is 1. The Morgan fingerprint density at radius 2 is 1.81 bits per heavy atom. The molecule has 0 atom stereocenters. The molecule has 1 N–H and O–H groups in total. The van der Waals surface area contributed by atoms with Gasteiger partial charge in [0.15, 0.2) is 5.78 Å². The molecule has 0 aliphatic rings. The van der Waals surface area contributed by atoms with Crippen molar-refractivity contribution < 1.29 is 18.0 Å². The first-order valence-electron chi connectivity index (χ1n) is 8.01. The quantitative estimate of drug-likeness (QED) is 0.713. The predicted octanol–water partition coefficient (Wildman–Crippen LogP) is 2.07. The van der Waals surface area contributed by atoms with Gasteiger partial charge in [-0.15, -0.1) is 0 Å². The molecule has 1 amide bonds. The summed E-state index contributed by atoms with van der Waals surface area (Å²) in [6, 6.07) is 11.8. The third-order valence-electron chi connectivity index (χ3n) is 3.70. The molecule has 1 aromatic heterocycles. The number of carbonyl (C=O) groups is 2. The molecule has 1 aromatic carbocycles. The van der Waals surface area contributed by atoms with Gasteiger partial charge in [-0.25, -0.2) is 8.42 Å². The molecule has 0 saturated carbocycles. The second-order valence-electron chi connectivity index (χ2n) is 5.85. The number of anilines is 1. The van der Waals surface area contributed by atoms with E-state index in [0.29, 0.717) is 16.9 Å². The Balaban J connectivity index is 1.95. The van der Waals surface area contributed by atoms with Crippen LogP contribution in [0.1, 0.15) is 29.4 Å². The zero-order chi connectivity index (χ0) is 19.2. The van der Waals surface area contributed by atoms with E-state index in [9.17, 15) is 18.0 Å².